The Kier molecular flexibility index (Phi) is 5.99. The van der Waals surface area contributed by atoms with Crippen LogP contribution in [0, 0.1) is 0 Å². The van der Waals surface area contributed by atoms with E-state index in [0.717, 1.165) is 5.56 Å². The smallest absolute Gasteiger partial charge is 0.319 e. The lowest BCUT2D eigenvalue weighted by Gasteiger charge is -2.18. The lowest BCUT2D eigenvalue weighted by molar-refractivity contribution is 0.0785. The Bertz CT molecular complexity index is 960. The minimum Gasteiger partial charge on any atom is -0.337 e. The highest BCUT2D eigenvalue weighted by Gasteiger charge is 2.28. The molecule has 1 aliphatic heterocycles. The van der Waals surface area contributed by atoms with Gasteiger partial charge in [-0.25, -0.2) is 13.2 Å². The number of carbonyl (C=O) groups is 2. The van der Waals surface area contributed by atoms with Crippen LogP contribution < -0.4 is 10.6 Å². The average Bonchev–Trinajstić information content (AvgIpc) is 3.00. The zero-order valence-electron chi connectivity index (χ0n) is 15.6. The summed E-state index contributed by atoms with van der Waals surface area (Å²) < 4.78 is 23.0. The first kappa shape index (κ1) is 19.9. The van der Waals surface area contributed by atoms with Crippen molar-refractivity contribution in [1.29, 1.82) is 0 Å². The maximum Gasteiger partial charge on any atom is 0.319 e. The van der Waals surface area contributed by atoms with Crippen LogP contribution >= 0.6 is 0 Å². The van der Waals surface area contributed by atoms with E-state index in [2.05, 4.69) is 10.6 Å². The number of nitrogens with zero attached hydrogens (tertiary/aromatic N) is 1. The highest BCUT2D eigenvalue weighted by molar-refractivity contribution is 7.91. The topological polar surface area (TPSA) is 95.6 Å². The van der Waals surface area contributed by atoms with Crippen molar-refractivity contribution >= 4 is 27.5 Å². The van der Waals surface area contributed by atoms with Crippen molar-refractivity contribution in [2.75, 3.05) is 23.9 Å². The predicted octanol–water partition coefficient (Wildman–Crippen LogP) is 2.27. The predicted molar refractivity (Wildman–Crippen MR) is 108 cm³/mol. The van der Waals surface area contributed by atoms with Gasteiger partial charge in [-0.05, 0) is 30.2 Å². The summed E-state index contributed by atoms with van der Waals surface area (Å²) in [5.41, 5.74) is 1.95. The Labute approximate surface area is 164 Å². The average molecular weight is 401 g/mol. The van der Waals surface area contributed by atoms with Crippen LogP contribution in [0.1, 0.15) is 22.3 Å². The second-order valence-electron chi connectivity index (χ2n) is 6.93. The normalized spacial score (nSPS) is 17.7. The Morgan fingerprint density at radius 2 is 1.86 bits per heavy atom. The number of amides is 3. The van der Waals surface area contributed by atoms with Crippen LogP contribution in [0.4, 0.5) is 10.5 Å². The van der Waals surface area contributed by atoms with Gasteiger partial charge in [0.1, 0.15) is 0 Å². The quantitative estimate of drug-likeness (QED) is 0.803. The molecule has 1 heterocycles. The van der Waals surface area contributed by atoms with Crippen LogP contribution in [0.3, 0.4) is 0 Å². The fourth-order valence-electron chi connectivity index (χ4n) is 3.14. The zero-order valence-corrected chi connectivity index (χ0v) is 16.4. The third kappa shape index (κ3) is 5.32. The first-order valence-electron chi connectivity index (χ1n) is 9.00. The van der Waals surface area contributed by atoms with E-state index < -0.39 is 15.9 Å². The van der Waals surface area contributed by atoms with Gasteiger partial charge >= 0.3 is 6.03 Å². The van der Waals surface area contributed by atoms with Crippen molar-refractivity contribution < 1.29 is 18.0 Å². The van der Waals surface area contributed by atoms with Crippen LogP contribution in [0.2, 0.25) is 0 Å². The third-order valence-electron chi connectivity index (χ3n) is 4.54. The molecule has 0 saturated carbocycles. The summed E-state index contributed by atoms with van der Waals surface area (Å²) in [6, 6.07) is 15.5. The molecule has 28 heavy (non-hydrogen) atoms. The zero-order chi connectivity index (χ0) is 20.1. The van der Waals surface area contributed by atoms with Gasteiger partial charge in [0.15, 0.2) is 9.84 Å². The highest BCUT2D eigenvalue weighted by Crippen LogP contribution is 2.15. The number of carbonyl (C=O) groups excluding carboxylic acids is 2. The Morgan fingerprint density at radius 3 is 2.54 bits per heavy atom. The van der Waals surface area contributed by atoms with Gasteiger partial charge in [-0.15, -0.1) is 0 Å². The molecular weight excluding hydrogens is 378 g/mol. The molecule has 2 N–H and O–H groups in total. The number of benzene rings is 2. The molecule has 0 aromatic heterocycles. The minimum absolute atomic E-state index is 0.0385. The van der Waals surface area contributed by atoms with Crippen molar-refractivity contribution in [2.24, 2.45) is 0 Å². The fraction of sp³-hybridized carbons (Fsp3) is 0.300. The van der Waals surface area contributed by atoms with Gasteiger partial charge in [-0.3, -0.25) is 4.79 Å². The SMILES string of the molecule is CN(Cc1ccccc1)C(=O)c1cccc(NC(=O)NC2CCS(=O)(=O)C2)c1. The second-order valence-corrected chi connectivity index (χ2v) is 9.15. The molecule has 0 spiro atoms. The van der Waals surface area contributed by atoms with Crippen molar-refractivity contribution in [3.8, 4) is 0 Å². The molecule has 2 aromatic rings. The van der Waals surface area contributed by atoms with E-state index in [-0.39, 0.29) is 23.5 Å². The van der Waals surface area contributed by atoms with E-state index in [0.29, 0.717) is 24.2 Å². The van der Waals surface area contributed by atoms with Crippen molar-refractivity contribution in [2.45, 2.75) is 19.0 Å². The molecule has 0 aliphatic carbocycles. The second kappa shape index (κ2) is 8.43. The summed E-state index contributed by atoms with van der Waals surface area (Å²) in [4.78, 5) is 26.4. The van der Waals surface area contributed by atoms with Crippen LogP contribution in [-0.2, 0) is 16.4 Å². The molecule has 7 nitrogen and oxygen atoms in total. The molecule has 1 aliphatic rings. The number of nitrogens with one attached hydrogen (secondary N) is 2. The fourth-order valence-corrected chi connectivity index (χ4v) is 4.81. The van der Waals surface area contributed by atoms with Crippen LogP contribution in [0.15, 0.2) is 54.6 Å². The molecule has 8 heteroatoms. The summed E-state index contributed by atoms with van der Waals surface area (Å²) in [6.07, 6.45) is 0.415. The third-order valence-corrected chi connectivity index (χ3v) is 6.31. The lowest BCUT2D eigenvalue weighted by Crippen LogP contribution is -2.38. The summed E-state index contributed by atoms with van der Waals surface area (Å²) in [7, 11) is -1.34. The number of sulfone groups is 1. The van der Waals surface area contributed by atoms with Gasteiger partial charge in [0.25, 0.3) is 5.91 Å². The minimum atomic E-state index is -3.06. The highest BCUT2D eigenvalue weighted by atomic mass is 32.2. The number of hydrogen-bond donors (Lipinski definition) is 2. The Hall–Kier alpha value is -2.87. The molecule has 148 valence electrons. The van der Waals surface area contributed by atoms with Crippen LogP contribution in [0.5, 0.6) is 0 Å². The van der Waals surface area contributed by atoms with Crippen molar-refractivity contribution in [1.82, 2.24) is 10.2 Å². The van der Waals surface area contributed by atoms with Crippen LogP contribution in [-0.4, -0.2) is 49.9 Å². The number of urea groups is 1. The number of anilines is 1. The van der Waals surface area contributed by atoms with Gasteiger partial charge in [0.05, 0.1) is 11.5 Å². The van der Waals surface area contributed by atoms with Gasteiger partial charge in [-0.1, -0.05) is 36.4 Å². The molecule has 3 amide bonds. The van der Waals surface area contributed by atoms with Crippen molar-refractivity contribution in [3.63, 3.8) is 0 Å². The largest absolute Gasteiger partial charge is 0.337 e. The van der Waals surface area contributed by atoms with E-state index in [1.807, 2.05) is 30.3 Å². The van der Waals surface area contributed by atoms with E-state index in [9.17, 15) is 18.0 Å². The molecule has 3 rings (SSSR count). The molecule has 0 radical (unpaired) electrons. The first-order chi connectivity index (χ1) is 13.3. The van der Waals surface area contributed by atoms with Gasteiger partial charge in [0.2, 0.25) is 0 Å². The molecule has 1 atom stereocenters. The Balaban J connectivity index is 1.60. The maximum absolute atomic E-state index is 12.7. The molecule has 1 unspecified atom stereocenters. The molecule has 0 bridgehead atoms. The molecule has 2 aromatic carbocycles. The molecule has 1 saturated heterocycles. The summed E-state index contributed by atoms with van der Waals surface area (Å²) in [5, 5.41) is 5.33. The van der Waals surface area contributed by atoms with Gasteiger partial charge < -0.3 is 15.5 Å². The molecule has 1 fully saturated rings. The summed E-state index contributed by atoms with van der Waals surface area (Å²) in [5.74, 6) is -0.103. The maximum atomic E-state index is 12.7. The Morgan fingerprint density at radius 1 is 1.11 bits per heavy atom. The van der Waals surface area contributed by atoms with Crippen LogP contribution in [0.25, 0.3) is 0 Å². The van der Waals surface area contributed by atoms with E-state index in [4.69, 9.17) is 0 Å². The first-order valence-corrected chi connectivity index (χ1v) is 10.8. The van der Waals surface area contributed by atoms with Gasteiger partial charge in [-0.2, -0.15) is 0 Å². The van der Waals surface area contributed by atoms with E-state index in [1.165, 1.54) is 0 Å². The molecular formula is C20H23N3O4S. The number of hydrogen-bond acceptors (Lipinski definition) is 4. The summed E-state index contributed by atoms with van der Waals surface area (Å²) >= 11 is 0. The van der Waals surface area contributed by atoms with Crippen molar-refractivity contribution in [3.05, 3.63) is 65.7 Å². The number of rotatable bonds is 5. The standard InChI is InChI=1S/C20H23N3O4S/c1-23(13-15-6-3-2-4-7-15)19(24)16-8-5-9-17(12-16)21-20(25)22-18-10-11-28(26,27)14-18/h2-9,12,18H,10-11,13-14H2,1H3,(H2,21,22,25). The summed E-state index contributed by atoms with van der Waals surface area (Å²) in [6.45, 7) is 0.480. The van der Waals surface area contributed by atoms with Gasteiger partial charge in [0, 0.05) is 30.9 Å². The monoisotopic (exact) mass is 401 g/mol. The van der Waals surface area contributed by atoms with E-state index >= 15 is 0 Å². The van der Waals surface area contributed by atoms with E-state index in [1.54, 1.807) is 36.2 Å². The lowest BCUT2D eigenvalue weighted by atomic mass is 10.1.